The molecule has 166 valence electrons. The molecular formula is C17H30N4O8. The fourth-order valence-corrected chi connectivity index (χ4v) is 3.14. The summed E-state index contributed by atoms with van der Waals surface area (Å²) in [5.74, 6) is -4.08. The van der Waals surface area contributed by atoms with Gasteiger partial charge in [-0.25, -0.2) is 0 Å². The molecular weight excluding hydrogens is 388 g/mol. The van der Waals surface area contributed by atoms with Gasteiger partial charge in [0.15, 0.2) is 0 Å². The lowest BCUT2D eigenvalue weighted by atomic mass is 10.2. The van der Waals surface area contributed by atoms with Crippen LogP contribution in [-0.4, -0.2) is 142 Å². The second-order valence-corrected chi connectivity index (χ2v) is 7.06. The summed E-state index contributed by atoms with van der Waals surface area (Å²) in [6.07, 6.45) is 0. The van der Waals surface area contributed by atoms with Crippen molar-refractivity contribution in [2.75, 3.05) is 72.0 Å². The Bertz CT molecular complexity index is 556. The molecule has 0 spiro atoms. The Morgan fingerprint density at radius 2 is 0.897 bits per heavy atom. The molecule has 1 atom stereocenters. The van der Waals surface area contributed by atoms with Crippen LogP contribution >= 0.6 is 0 Å². The van der Waals surface area contributed by atoms with Crippen molar-refractivity contribution < 1.29 is 39.6 Å². The summed E-state index contributed by atoms with van der Waals surface area (Å²) >= 11 is 0. The van der Waals surface area contributed by atoms with E-state index in [9.17, 15) is 24.3 Å². The third-order valence-electron chi connectivity index (χ3n) is 4.85. The first-order valence-corrected chi connectivity index (χ1v) is 9.37. The van der Waals surface area contributed by atoms with Crippen LogP contribution in [0.15, 0.2) is 0 Å². The molecule has 12 nitrogen and oxygen atoms in total. The van der Waals surface area contributed by atoms with Crippen LogP contribution in [0.1, 0.15) is 6.92 Å². The van der Waals surface area contributed by atoms with E-state index in [1.54, 1.807) is 19.6 Å². The maximum atomic E-state index is 11.4. The highest BCUT2D eigenvalue weighted by atomic mass is 16.4. The van der Waals surface area contributed by atoms with E-state index in [1.807, 2.05) is 0 Å². The lowest BCUT2D eigenvalue weighted by molar-refractivity contribution is -0.144. The van der Waals surface area contributed by atoms with Gasteiger partial charge in [0.05, 0.1) is 19.6 Å². The Hall–Kier alpha value is -2.28. The third-order valence-corrected chi connectivity index (χ3v) is 4.85. The predicted molar refractivity (Wildman–Crippen MR) is 101 cm³/mol. The van der Waals surface area contributed by atoms with E-state index >= 15 is 0 Å². The summed E-state index contributed by atoms with van der Waals surface area (Å²) in [6, 6.07) is -0.806. The summed E-state index contributed by atoms with van der Waals surface area (Å²) in [5, 5.41) is 36.7. The van der Waals surface area contributed by atoms with Crippen molar-refractivity contribution in [3.63, 3.8) is 0 Å². The van der Waals surface area contributed by atoms with E-state index in [2.05, 4.69) is 0 Å². The molecule has 0 radical (unpaired) electrons. The molecule has 0 aliphatic carbocycles. The second-order valence-electron chi connectivity index (χ2n) is 7.06. The number of hydrogen-bond acceptors (Lipinski definition) is 8. The minimum Gasteiger partial charge on any atom is -0.480 e. The van der Waals surface area contributed by atoms with E-state index in [0.29, 0.717) is 52.4 Å². The molecule has 29 heavy (non-hydrogen) atoms. The van der Waals surface area contributed by atoms with Crippen molar-refractivity contribution in [2.45, 2.75) is 13.0 Å². The standard InChI is InChI=1S/C17H30N4O8/c1-13(17(28)29)21-8-6-19(11-15(24)25)4-2-18(10-14(22)23)3-5-20(7-9-21)12-16(26)27/h13H,2-12H2,1H3,(H,22,23)(H,24,25)(H,26,27)(H,28,29). The van der Waals surface area contributed by atoms with Crippen molar-refractivity contribution >= 4 is 23.9 Å². The Balaban J connectivity index is 2.98. The van der Waals surface area contributed by atoms with Gasteiger partial charge in [0.1, 0.15) is 6.04 Å². The van der Waals surface area contributed by atoms with Crippen molar-refractivity contribution in [3.05, 3.63) is 0 Å². The highest BCUT2D eigenvalue weighted by Gasteiger charge is 2.24. The summed E-state index contributed by atoms with van der Waals surface area (Å²) in [7, 11) is 0. The molecule has 0 saturated carbocycles. The molecule has 1 aliphatic heterocycles. The van der Waals surface area contributed by atoms with E-state index < -0.39 is 29.9 Å². The molecule has 0 amide bonds. The van der Waals surface area contributed by atoms with Crippen LogP contribution in [0.4, 0.5) is 0 Å². The van der Waals surface area contributed by atoms with Crippen molar-refractivity contribution in [1.82, 2.24) is 19.6 Å². The molecule has 0 aromatic heterocycles. The first-order chi connectivity index (χ1) is 13.6. The summed E-state index contributed by atoms with van der Waals surface area (Å²) in [4.78, 5) is 51.5. The zero-order valence-electron chi connectivity index (χ0n) is 16.6. The fourth-order valence-electron chi connectivity index (χ4n) is 3.14. The smallest absolute Gasteiger partial charge is 0.320 e. The number of carboxylic acid groups (broad SMARTS) is 4. The first-order valence-electron chi connectivity index (χ1n) is 9.37. The van der Waals surface area contributed by atoms with Crippen LogP contribution in [-0.2, 0) is 19.2 Å². The van der Waals surface area contributed by atoms with E-state index in [-0.39, 0.29) is 19.6 Å². The average Bonchev–Trinajstić information content (AvgIpc) is 2.59. The van der Waals surface area contributed by atoms with Crippen LogP contribution in [0.25, 0.3) is 0 Å². The monoisotopic (exact) mass is 418 g/mol. The highest BCUT2D eigenvalue weighted by Crippen LogP contribution is 2.05. The molecule has 1 heterocycles. The maximum Gasteiger partial charge on any atom is 0.320 e. The molecule has 4 N–H and O–H groups in total. The zero-order chi connectivity index (χ0) is 22.0. The van der Waals surface area contributed by atoms with Gasteiger partial charge in [-0.2, -0.15) is 0 Å². The van der Waals surface area contributed by atoms with E-state index in [1.165, 1.54) is 6.92 Å². The minimum absolute atomic E-state index is 0.232. The predicted octanol–water partition coefficient (Wildman–Crippen LogP) is -2.07. The molecule has 12 heteroatoms. The second kappa shape index (κ2) is 12.3. The summed E-state index contributed by atoms with van der Waals surface area (Å²) in [6.45, 7) is 3.21. The Labute approximate surface area is 168 Å². The summed E-state index contributed by atoms with van der Waals surface area (Å²) < 4.78 is 0. The first kappa shape index (κ1) is 24.8. The minimum atomic E-state index is -1.02. The van der Waals surface area contributed by atoms with E-state index in [4.69, 9.17) is 15.3 Å². The topological polar surface area (TPSA) is 162 Å². The molecule has 0 bridgehead atoms. The van der Waals surface area contributed by atoms with Gasteiger partial charge in [0.25, 0.3) is 0 Å². The quantitative estimate of drug-likeness (QED) is 0.341. The molecule has 1 aliphatic rings. The molecule has 1 saturated heterocycles. The van der Waals surface area contributed by atoms with Crippen LogP contribution in [0, 0.1) is 0 Å². The van der Waals surface area contributed by atoms with Crippen LogP contribution in [0.2, 0.25) is 0 Å². The number of hydrogen-bond donors (Lipinski definition) is 4. The number of nitrogens with zero attached hydrogens (tertiary/aromatic N) is 4. The Morgan fingerprint density at radius 3 is 1.14 bits per heavy atom. The number of rotatable bonds is 8. The van der Waals surface area contributed by atoms with Crippen molar-refractivity contribution in [2.24, 2.45) is 0 Å². The molecule has 1 unspecified atom stereocenters. The molecule has 0 aromatic rings. The van der Waals surface area contributed by atoms with Gasteiger partial charge in [-0.3, -0.25) is 38.8 Å². The van der Waals surface area contributed by atoms with Crippen molar-refractivity contribution in [1.29, 1.82) is 0 Å². The third kappa shape index (κ3) is 10.2. The van der Waals surface area contributed by atoms with Gasteiger partial charge >= 0.3 is 23.9 Å². The zero-order valence-corrected chi connectivity index (χ0v) is 16.6. The number of aliphatic carboxylic acids is 4. The molecule has 1 rings (SSSR count). The summed E-state index contributed by atoms with van der Waals surface area (Å²) in [5.41, 5.74) is 0. The highest BCUT2D eigenvalue weighted by molar-refractivity contribution is 5.73. The maximum absolute atomic E-state index is 11.4. The molecule has 1 fully saturated rings. The van der Waals surface area contributed by atoms with E-state index in [0.717, 1.165) is 0 Å². The number of carbonyl (C=O) groups is 4. The lowest BCUT2D eigenvalue weighted by Crippen LogP contribution is -2.51. The van der Waals surface area contributed by atoms with Gasteiger partial charge in [-0.1, -0.05) is 0 Å². The van der Waals surface area contributed by atoms with Gasteiger partial charge in [-0.15, -0.1) is 0 Å². The van der Waals surface area contributed by atoms with Gasteiger partial charge in [0.2, 0.25) is 0 Å². The average molecular weight is 418 g/mol. The number of carboxylic acids is 4. The fraction of sp³-hybridized carbons (Fsp3) is 0.765. The largest absolute Gasteiger partial charge is 0.480 e. The van der Waals surface area contributed by atoms with Gasteiger partial charge in [0, 0.05) is 52.4 Å². The Kier molecular flexibility index (Phi) is 10.5. The normalized spacial score (nSPS) is 20.3. The lowest BCUT2D eigenvalue weighted by Gasteiger charge is -2.34. The Morgan fingerprint density at radius 1 is 0.621 bits per heavy atom. The van der Waals surface area contributed by atoms with Crippen LogP contribution < -0.4 is 0 Å². The van der Waals surface area contributed by atoms with Crippen molar-refractivity contribution in [3.8, 4) is 0 Å². The van der Waals surface area contributed by atoms with Gasteiger partial charge < -0.3 is 20.4 Å². The SMILES string of the molecule is CC(C(=O)O)N1CCN(CC(=O)O)CCN(CC(=O)O)CCN(CC(=O)O)CC1. The van der Waals surface area contributed by atoms with Crippen LogP contribution in [0.3, 0.4) is 0 Å². The van der Waals surface area contributed by atoms with Crippen LogP contribution in [0.5, 0.6) is 0 Å². The van der Waals surface area contributed by atoms with Gasteiger partial charge in [-0.05, 0) is 6.92 Å². The molecule has 0 aromatic carbocycles.